The predicted octanol–water partition coefficient (Wildman–Crippen LogP) is 3.29. The van der Waals surface area contributed by atoms with E-state index in [1.807, 2.05) is 0 Å². The molecule has 2 aromatic carbocycles. The number of carbonyl (C=O) groups is 1. The van der Waals surface area contributed by atoms with Gasteiger partial charge in [0.25, 0.3) is 10.0 Å². The Hall–Kier alpha value is -3.05. The minimum atomic E-state index is -3.88. The lowest BCUT2D eigenvalue weighted by Gasteiger charge is -2.08. The maximum Gasteiger partial charge on any atom is 0.264 e. The van der Waals surface area contributed by atoms with Gasteiger partial charge in [0.2, 0.25) is 11.9 Å². The molecule has 0 aliphatic heterocycles. The molecule has 3 aromatic rings. The van der Waals surface area contributed by atoms with E-state index in [0.29, 0.717) is 5.69 Å². The number of hydrogen-bond donors (Lipinski definition) is 2. The van der Waals surface area contributed by atoms with Crippen LogP contribution in [0, 0.1) is 11.6 Å². The Bertz CT molecular complexity index is 1110. The van der Waals surface area contributed by atoms with Gasteiger partial charge in [0, 0.05) is 29.0 Å². The quantitative estimate of drug-likeness (QED) is 0.551. The van der Waals surface area contributed by atoms with Gasteiger partial charge in [0.1, 0.15) is 11.6 Å². The normalized spacial score (nSPS) is 11.1. The molecule has 0 spiro atoms. The smallest absolute Gasteiger partial charge is 0.264 e. The molecule has 0 unspecified atom stereocenters. The number of benzene rings is 2. The summed E-state index contributed by atoms with van der Waals surface area (Å²) in [6.45, 7) is 0. The fourth-order valence-corrected chi connectivity index (χ4v) is 3.86. The Kier molecular flexibility index (Phi) is 6.39. The first-order chi connectivity index (χ1) is 13.8. The summed E-state index contributed by atoms with van der Waals surface area (Å²) in [4.78, 5) is 19.7. The minimum absolute atomic E-state index is 0.0364. The molecule has 1 aromatic heterocycles. The van der Waals surface area contributed by atoms with Crippen LogP contribution in [0.15, 0.2) is 70.7 Å². The van der Waals surface area contributed by atoms with Crippen LogP contribution < -0.4 is 10.0 Å². The van der Waals surface area contributed by atoms with Gasteiger partial charge in [-0.15, -0.1) is 11.8 Å². The van der Waals surface area contributed by atoms with Crippen LogP contribution >= 0.6 is 11.8 Å². The molecule has 3 rings (SSSR count). The van der Waals surface area contributed by atoms with Crippen molar-refractivity contribution >= 4 is 39.3 Å². The summed E-state index contributed by atoms with van der Waals surface area (Å²) in [5.41, 5.74) is 0.366. The SMILES string of the molecule is O=C(CSc1ccc(F)cc1F)Nc1ccc(S(=O)(=O)Nc2ncccn2)cc1. The second kappa shape index (κ2) is 8.97. The Balaban J connectivity index is 1.59. The number of carbonyl (C=O) groups excluding carboxylic acids is 1. The Morgan fingerprint density at radius 3 is 2.38 bits per heavy atom. The summed E-state index contributed by atoms with van der Waals surface area (Å²) in [7, 11) is -3.88. The number of thioether (sulfide) groups is 1. The van der Waals surface area contributed by atoms with Gasteiger partial charge >= 0.3 is 0 Å². The van der Waals surface area contributed by atoms with Crippen LogP contribution in [-0.2, 0) is 14.8 Å². The standard InChI is InChI=1S/C18H14F2N4O3S2/c19-12-2-7-16(15(20)10-12)28-11-17(25)23-13-3-5-14(6-4-13)29(26,27)24-18-21-8-1-9-22-18/h1-10H,11H2,(H,23,25)(H,21,22,24). The van der Waals surface area contributed by atoms with E-state index in [2.05, 4.69) is 20.0 Å². The van der Waals surface area contributed by atoms with E-state index in [-0.39, 0.29) is 21.5 Å². The second-order valence-corrected chi connectivity index (χ2v) is 8.31. The highest BCUT2D eigenvalue weighted by atomic mass is 32.2. The first-order valence-corrected chi connectivity index (χ1v) is 10.6. The number of halogens is 2. The zero-order valence-corrected chi connectivity index (χ0v) is 16.3. The molecule has 29 heavy (non-hydrogen) atoms. The van der Waals surface area contributed by atoms with Gasteiger partial charge in [-0.05, 0) is 42.5 Å². The number of rotatable bonds is 7. The Labute approximate surface area is 169 Å². The van der Waals surface area contributed by atoms with Gasteiger partial charge in [-0.2, -0.15) is 0 Å². The molecule has 1 amide bonds. The zero-order chi connectivity index (χ0) is 20.9. The molecule has 2 N–H and O–H groups in total. The summed E-state index contributed by atoms with van der Waals surface area (Å²) in [6.07, 6.45) is 2.80. The fourth-order valence-electron chi connectivity index (χ4n) is 2.18. The van der Waals surface area contributed by atoms with E-state index >= 15 is 0 Å². The molecule has 0 aliphatic carbocycles. The highest BCUT2D eigenvalue weighted by Gasteiger charge is 2.15. The highest BCUT2D eigenvalue weighted by molar-refractivity contribution is 8.00. The van der Waals surface area contributed by atoms with Crippen LogP contribution in [0.2, 0.25) is 0 Å². The lowest BCUT2D eigenvalue weighted by Crippen LogP contribution is -2.16. The largest absolute Gasteiger partial charge is 0.325 e. The molecule has 0 saturated carbocycles. The van der Waals surface area contributed by atoms with Crippen molar-refractivity contribution < 1.29 is 22.0 Å². The molecule has 0 radical (unpaired) electrons. The number of amides is 1. The van der Waals surface area contributed by atoms with Gasteiger partial charge in [-0.25, -0.2) is 31.9 Å². The van der Waals surface area contributed by atoms with E-state index in [4.69, 9.17) is 0 Å². The van der Waals surface area contributed by atoms with Crippen LogP contribution in [0.1, 0.15) is 0 Å². The lowest BCUT2D eigenvalue weighted by molar-refractivity contribution is -0.113. The molecule has 0 atom stereocenters. The van der Waals surface area contributed by atoms with Crippen LogP contribution in [0.5, 0.6) is 0 Å². The number of sulfonamides is 1. The maximum atomic E-state index is 13.6. The topological polar surface area (TPSA) is 101 Å². The molecule has 11 heteroatoms. The average molecular weight is 436 g/mol. The third kappa shape index (κ3) is 5.72. The maximum absolute atomic E-state index is 13.6. The lowest BCUT2D eigenvalue weighted by atomic mass is 10.3. The van der Waals surface area contributed by atoms with Crippen molar-refractivity contribution in [2.75, 3.05) is 15.8 Å². The number of nitrogens with one attached hydrogen (secondary N) is 2. The third-order valence-electron chi connectivity index (χ3n) is 3.49. The van der Waals surface area contributed by atoms with Crippen LogP contribution in [0.3, 0.4) is 0 Å². The average Bonchev–Trinajstić information content (AvgIpc) is 2.68. The van der Waals surface area contributed by atoms with Crippen molar-refractivity contribution in [3.05, 3.63) is 72.6 Å². The number of aromatic nitrogens is 2. The number of hydrogen-bond acceptors (Lipinski definition) is 6. The van der Waals surface area contributed by atoms with Crippen molar-refractivity contribution in [3.63, 3.8) is 0 Å². The summed E-state index contributed by atoms with van der Waals surface area (Å²) in [6, 6.07) is 10.1. The Morgan fingerprint density at radius 1 is 1.03 bits per heavy atom. The van der Waals surface area contributed by atoms with Crippen LogP contribution in [0.25, 0.3) is 0 Å². The van der Waals surface area contributed by atoms with Gasteiger partial charge < -0.3 is 5.32 Å². The molecular formula is C18H14F2N4O3S2. The van der Waals surface area contributed by atoms with Gasteiger partial charge in [-0.3, -0.25) is 4.79 Å². The second-order valence-electron chi connectivity index (χ2n) is 5.61. The van der Waals surface area contributed by atoms with Crippen molar-refractivity contribution in [1.29, 1.82) is 0 Å². The van der Waals surface area contributed by atoms with Crippen LogP contribution in [-0.4, -0.2) is 30.0 Å². The van der Waals surface area contributed by atoms with E-state index in [0.717, 1.165) is 23.9 Å². The van der Waals surface area contributed by atoms with Crippen molar-refractivity contribution in [2.45, 2.75) is 9.79 Å². The van der Waals surface area contributed by atoms with E-state index in [1.54, 1.807) is 6.07 Å². The predicted molar refractivity (Wildman–Crippen MR) is 105 cm³/mol. The summed E-state index contributed by atoms with van der Waals surface area (Å²) >= 11 is 0.918. The summed E-state index contributed by atoms with van der Waals surface area (Å²) < 4.78 is 53.3. The van der Waals surface area contributed by atoms with E-state index in [1.165, 1.54) is 42.7 Å². The summed E-state index contributed by atoms with van der Waals surface area (Å²) in [5.74, 6) is -2.03. The molecule has 0 bridgehead atoms. The molecule has 0 fully saturated rings. The van der Waals surface area contributed by atoms with Gasteiger partial charge in [0.05, 0.1) is 10.6 Å². The van der Waals surface area contributed by atoms with Gasteiger partial charge in [0.15, 0.2) is 0 Å². The number of anilines is 2. The molecule has 0 aliphatic rings. The number of nitrogens with zero attached hydrogens (tertiary/aromatic N) is 2. The van der Waals surface area contributed by atoms with E-state index < -0.39 is 27.6 Å². The first kappa shape index (κ1) is 20.7. The first-order valence-electron chi connectivity index (χ1n) is 8.11. The Morgan fingerprint density at radius 2 is 1.72 bits per heavy atom. The van der Waals surface area contributed by atoms with E-state index in [9.17, 15) is 22.0 Å². The fraction of sp³-hybridized carbons (Fsp3) is 0.0556. The molecular weight excluding hydrogens is 422 g/mol. The highest BCUT2D eigenvalue weighted by Crippen LogP contribution is 2.23. The van der Waals surface area contributed by atoms with Crippen molar-refractivity contribution in [2.24, 2.45) is 0 Å². The van der Waals surface area contributed by atoms with Crippen LogP contribution in [0.4, 0.5) is 20.4 Å². The minimum Gasteiger partial charge on any atom is -0.325 e. The summed E-state index contributed by atoms with van der Waals surface area (Å²) in [5, 5.41) is 2.58. The molecule has 7 nitrogen and oxygen atoms in total. The van der Waals surface area contributed by atoms with Crippen molar-refractivity contribution in [1.82, 2.24) is 9.97 Å². The van der Waals surface area contributed by atoms with Crippen molar-refractivity contribution in [3.8, 4) is 0 Å². The monoisotopic (exact) mass is 436 g/mol. The molecule has 150 valence electrons. The zero-order valence-electron chi connectivity index (χ0n) is 14.7. The van der Waals surface area contributed by atoms with Gasteiger partial charge in [-0.1, -0.05) is 0 Å². The third-order valence-corrected chi connectivity index (χ3v) is 5.89. The molecule has 0 saturated heterocycles. The molecule has 1 heterocycles.